The number of carbonyl (C=O) groups excluding carboxylic acids is 2. The van der Waals surface area contributed by atoms with Gasteiger partial charge in [-0.15, -0.1) is 0 Å². The number of non-ortho nitro benzene ring substituents is 1. The largest absolute Gasteiger partial charge is 0.497 e. The summed E-state index contributed by atoms with van der Waals surface area (Å²) in [7, 11) is 3.02. The maximum absolute atomic E-state index is 12.5. The molecule has 1 aliphatic heterocycles. The molecule has 0 unspecified atom stereocenters. The lowest BCUT2D eigenvalue weighted by Gasteiger charge is -2.36. The fourth-order valence-electron chi connectivity index (χ4n) is 3.48. The molecule has 1 fully saturated rings. The van der Waals surface area contributed by atoms with E-state index >= 15 is 0 Å². The smallest absolute Gasteiger partial charge is 0.269 e. The molecule has 10 nitrogen and oxygen atoms in total. The highest BCUT2D eigenvalue weighted by atomic mass is 16.6. The molecule has 3 rings (SSSR count). The summed E-state index contributed by atoms with van der Waals surface area (Å²) in [4.78, 5) is 39.1. The van der Waals surface area contributed by atoms with E-state index in [-0.39, 0.29) is 30.5 Å². The van der Waals surface area contributed by atoms with Crippen molar-refractivity contribution in [3.05, 3.63) is 58.1 Å². The van der Waals surface area contributed by atoms with Crippen molar-refractivity contribution < 1.29 is 24.0 Å². The Morgan fingerprint density at radius 3 is 2.12 bits per heavy atom. The van der Waals surface area contributed by atoms with Gasteiger partial charge in [0, 0.05) is 68.6 Å². The molecule has 32 heavy (non-hydrogen) atoms. The second-order valence-corrected chi connectivity index (χ2v) is 7.25. The Bertz CT molecular complexity index is 949. The van der Waals surface area contributed by atoms with Crippen LogP contribution in [0, 0.1) is 10.1 Å². The molecular weight excluding hydrogens is 416 g/mol. The maximum atomic E-state index is 12.5. The van der Waals surface area contributed by atoms with Crippen LogP contribution in [0.15, 0.2) is 42.5 Å². The number of methoxy groups -OCH3 is 2. The van der Waals surface area contributed by atoms with Crippen molar-refractivity contribution in [3.8, 4) is 11.5 Å². The number of benzene rings is 2. The van der Waals surface area contributed by atoms with Gasteiger partial charge in [0.25, 0.3) is 11.6 Å². The monoisotopic (exact) mass is 442 g/mol. The summed E-state index contributed by atoms with van der Waals surface area (Å²) in [6.45, 7) is 2.60. The summed E-state index contributed by atoms with van der Waals surface area (Å²) in [6.07, 6.45) is 0.199. The molecule has 1 heterocycles. The lowest BCUT2D eigenvalue weighted by atomic mass is 10.2. The molecule has 1 saturated heterocycles. The lowest BCUT2D eigenvalue weighted by Crippen LogP contribution is -2.49. The Hall–Kier alpha value is -3.82. The van der Waals surface area contributed by atoms with Crippen LogP contribution >= 0.6 is 0 Å². The predicted molar refractivity (Wildman–Crippen MR) is 118 cm³/mol. The van der Waals surface area contributed by atoms with Gasteiger partial charge in [0.2, 0.25) is 5.91 Å². The summed E-state index contributed by atoms with van der Waals surface area (Å²) in [5.74, 6) is 0.683. The van der Waals surface area contributed by atoms with Crippen molar-refractivity contribution in [1.82, 2.24) is 10.2 Å². The highest BCUT2D eigenvalue weighted by Gasteiger charge is 2.21. The van der Waals surface area contributed by atoms with Crippen molar-refractivity contribution in [3.63, 3.8) is 0 Å². The van der Waals surface area contributed by atoms with E-state index in [1.54, 1.807) is 35.2 Å². The van der Waals surface area contributed by atoms with Crippen molar-refractivity contribution in [2.24, 2.45) is 0 Å². The van der Waals surface area contributed by atoms with Crippen LogP contribution in [0.25, 0.3) is 0 Å². The minimum absolute atomic E-state index is 0.0307. The van der Waals surface area contributed by atoms with Gasteiger partial charge in [0.05, 0.1) is 19.1 Å². The SMILES string of the molecule is COc1cc(OC)cc(C(=O)NCCC(=O)N2CCN(c3ccc([N+](=O)[O-])cc3)CC2)c1. The minimum Gasteiger partial charge on any atom is -0.497 e. The first-order chi connectivity index (χ1) is 15.4. The number of nitro groups is 1. The summed E-state index contributed by atoms with van der Waals surface area (Å²) in [6, 6.07) is 11.3. The van der Waals surface area contributed by atoms with E-state index in [4.69, 9.17) is 9.47 Å². The fourth-order valence-corrected chi connectivity index (χ4v) is 3.48. The third-order valence-electron chi connectivity index (χ3n) is 5.30. The molecule has 170 valence electrons. The molecule has 0 spiro atoms. The molecule has 0 aliphatic carbocycles. The fraction of sp³-hybridized carbons (Fsp3) is 0.364. The Balaban J connectivity index is 1.45. The third kappa shape index (κ3) is 5.65. The second kappa shape index (κ2) is 10.5. The van der Waals surface area contributed by atoms with E-state index in [9.17, 15) is 19.7 Å². The minimum atomic E-state index is -0.427. The van der Waals surface area contributed by atoms with E-state index < -0.39 is 4.92 Å². The zero-order valence-corrected chi connectivity index (χ0v) is 18.1. The molecule has 1 aliphatic rings. The van der Waals surface area contributed by atoms with Gasteiger partial charge in [-0.25, -0.2) is 0 Å². The quantitative estimate of drug-likeness (QED) is 0.492. The molecule has 2 amide bonds. The van der Waals surface area contributed by atoms with Crippen molar-refractivity contribution in [1.29, 1.82) is 0 Å². The van der Waals surface area contributed by atoms with E-state index in [0.29, 0.717) is 43.2 Å². The third-order valence-corrected chi connectivity index (χ3v) is 5.30. The normalized spacial score (nSPS) is 13.4. The van der Waals surface area contributed by atoms with Crippen LogP contribution < -0.4 is 19.7 Å². The number of ether oxygens (including phenoxy) is 2. The van der Waals surface area contributed by atoms with Crippen LogP contribution in [0.4, 0.5) is 11.4 Å². The molecule has 10 heteroatoms. The number of hydrogen-bond donors (Lipinski definition) is 1. The van der Waals surface area contributed by atoms with Gasteiger partial charge < -0.3 is 24.6 Å². The lowest BCUT2D eigenvalue weighted by molar-refractivity contribution is -0.384. The zero-order valence-electron chi connectivity index (χ0n) is 18.1. The Morgan fingerprint density at radius 2 is 1.59 bits per heavy atom. The Morgan fingerprint density at radius 1 is 1.00 bits per heavy atom. The average molecular weight is 442 g/mol. The molecule has 1 N–H and O–H groups in total. The number of carbonyl (C=O) groups is 2. The summed E-state index contributed by atoms with van der Waals surface area (Å²) < 4.78 is 10.3. The molecule has 0 bridgehead atoms. The second-order valence-electron chi connectivity index (χ2n) is 7.25. The molecular formula is C22H26N4O6. The number of nitrogens with one attached hydrogen (secondary N) is 1. The van der Waals surface area contributed by atoms with E-state index in [0.717, 1.165) is 5.69 Å². The standard InChI is InChI=1S/C22H26N4O6/c1-31-19-13-16(14-20(15-19)32-2)22(28)23-8-7-21(27)25-11-9-24(10-12-25)17-3-5-18(6-4-17)26(29)30/h3-6,13-15H,7-12H2,1-2H3,(H,23,28). The Kier molecular flexibility index (Phi) is 7.48. The highest BCUT2D eigenvalue weighted by Crippen LogP contribution is 2.23. The van der Waals surface area contributed by atoms with Crippen LogP contribution in [0.3, 0.4) is 0 Å². The van der Waals surface area contributed by atoms with Crippen LogP contribution in [-0.2, 0) is 4.79 Å². The maximum Gasteiger partial charge on any atom is 0.269 e. The first-order valence-electron chi connectivity index (χ1n) is 10.2. The molecule has 0 radical (unpaired) electrons. The van der Waals surface area contributed by atoms with Crippen molar-refractivity contribution in [2.45, 2.75) is 6.42 Å². The molecule has 0 atom stereocenters. The number of nitro benzene ring substituents is 1. The van der Waals surface area contributed by atoms with Crippen LogP contribution in [0.1, 0.15) is 16.8 Å². The first-order valence-corrected chi connectivity index (χ1v) is 10.2. The van der Waals surface area contributed by atoms with Crippen LogP contribution in [0.5, 0.6) is 11.5 Å². The van der Waals surface area contributed by atoms with Gasteiger partial charge in [-0.2, -0.15) is 0 Å². The molecule has 0 aromatic heterocycles. The number of anilines is 1. The van der Waals surface area contributed by atoms with Crippen molar-refractivity contribution in [2.75, 3.05) is 51.8 Å². The summed E-state index contributed by atoms with van der Waals surface area (Å²) >= 11 is 0. The number of rotatable bonds is 8. The van der Waals surface area contributed by atoms with Gasteiger partial charge in [0.1, 0.15) is 11.5 Å². The van der Waals surface area contributed by atoms with Gasteiger partial charge in [-0.3, -0.25) is 19.7 Å². The molecule has 0 saturated carbocycles. The van der Waals surface area contributed by atoms with Gasteiger partial charge in [-0.05, 0) is 24.3 Å². The number of amides is 2. The van der Waals surface area contributed by atoms with Crippen LogP contribution in [0.2, 0.25) is 0 Å². The number of piperazine rings is 1. The highest BCUT2D eigenvalue weighted by molar-refractivity contribution is 5.95. The topological polar surface area (TPSA) is 114 Å². The summed E-state index contributed by atoms with van der Waals surface area (Å²) in [5, 5.41) is 13.5. The van der Waals surface area contributed by atoms with Gasteiger partial charge in [0.15, 0.2) is 0 Å². The molecule has 2 aromatic carbocycles. The van der Waals surface area contributed by atoms with Gasteiger partial charge >= 0.3 is 0 Å². The van der Waals surface area contributed by atoms with Gasteiger partial charge in [-0.1, -0.05) is 0 Å². The summed E-state index contributed by atoms with van der Waals surface area (Å²) in [5.41, 5.74) is 1.34. The van der Waals surface area contributed by atoms with E-state index in [1.165, 1.54) is 26.4 Å². The first kappa shape index (κ1) is 22.9. The Labute approximate surface area is 185 Å². The number of nitrogens with zero attached hydrogens (tertiary/aromatic N) is 3. The average Bonchev–Trinajstić information content (AvgIpc) is 2.83. The van der Waals surface area contributed by atoms with E-state index in [1.807, 2.05) is 0 Å². The van der Waals surface area contributed by atoms with Crippen LogP contribution in [-0.4, -0.2) is 68.6 Å². The van der Waals surface area contributed by atoms with Crippen molar-refractivity contribution >= 4 is 23.2 Å². The number of hydrogen-bond acceptors (Lipinski definition) is 7. The predicted octanol–water partition coefficient (Wildman–Crippen LogP) is 2.08. The molecule has 2 aromatic rings. The zero-order chi connectivity index (χ0) is 23.1. The van der Waals surface area contributed by atoms with E-state index in [2.05, 4.69) is 10.2 Å².